The summed E-state index contributed by atoms with van der Waals surface area (Å²) < 4.78 is 0. The second-order valence-electron chi connectivity index (χ2n) is 7.41. The number of carbonyl (C=O) groups excluding carboxylic acids is 1. The minimum atomic E-state index is -1.26. The Morgan fingerprint density at radius 2 is 1.56 bits per heavy atom. The van der Waals surface area contributed by atoms with Crippen LogP contribution >= 0.6 is 0 Å². The minimum Gasteiger partial charge on any atom is -0.478 e. The molecule has 27 heavy (non-hydrogen) atoms. The van der Waals surface area contributed by atoms with Gasteiger partial charge in [0.1, 0.15) is 0 Å². The number of carboxylic acids is 2. The fraction of sp³-hybridized carbons (Fsp3) is 0.190. The third-order valence-corrected chi connectivity index (χ3v) is 4.34. The largest absolute Gasteiger partial charge is 0.478 e. The highest BCUT2D eigenvalue weighted by atomic mass is 16.4. The number of rotatable bonds is 3. The number of anilines is 1. The van der Waals surface area contributed by atoms with Gasteiger partial charge in [0.05, 0.1) is 11.1 Å². The molecule has 6 nitrogen and oxygen atoms in total. The molecule has 0 unspecified atom stereocenters. The van der Waals surface area contributed by atoms with Crippen molar-refractivity contribution in [2.24, 2.45) is 5.41 Å². The van der Waals surface area contributed by atoms with Crippen LogP contribution in [-0.4, -0.2) is 28.1 Å². The molecule has 0 atom stereocenters. The van der Waals surface area contributed by atoms with Gasteiger partial charge in [-0.1, -0.05) is 45.0 Å². The van der Waals surface area contributed by atoms with E-state index in [1.807, 2.05) is 0 Å². The zero-order chi connectivity index (χ0) is 19.9. The number of hydrogen-bond acceptors (Lipinski definition) is 3. The summed E-state index contributed by atoms with van der Waals surface area (Å²) in [4.78, 5) is 36.1. The molecule has 0 heterocycles. The van der Waals surface area contributed by atoms with Gasteiger partial charge in [-0.15, -0.1) is 0 Å². The van der Waals surface area contributed by atoms with Crippen molar-refractivity contribution in [2.45, 2.75) is 20.8 Å². The van der Waals surface area contributed by atoms with Crippen molar-refractivity contribution < 1.29 is 24.6 Å². The predicted molar refractivity (Wildman–Crippen MR) is 103 cm³/mol. The summed E-state index contributed by atoms with van der Waals surface area (Å²) in [5.41, 5.74) is -0.575. The van der Waals surface area contributed by atoms with Gasteiger partial charge in [-0.25, -0.2) is 9.59 Å². The highest BCUT2D eigenvalue weighted by Crippen LogP contribution is 2.34. The smallest absolute Gasteiger partial charge is 0.336 e. The molecule has 0 bridgehead atoms. The number of carbonyl (C=O) groups is 3. The van der Waals surface area contributed by atoms with Crippen molar-refractivity contribution in [1.82, 2.24) is 0 Å². The van der Waals surface area contributed by atoms with Gasteiger partial charge in [0, 0.05) is 16.5 Å². The first kappa shape index (κ1) is 18.4. The molecule has 0 aliphatic carbocycles. The molecule has 6 heteroatoms. The zero-order valence-electron chi connectivity index (χ0n) is 15.2. The van der Waals surface area contributed by atoms with E-state index in [4.69, 9.17) is 0 Å². The summed E-state index contributed by atoms with van der Waals surface area (Å²) in [6.45, 7) is 5.24. The molecule has 0 fully saturated rings. The van der Waals surface area contributed by atoms with Crippen LogP contribution in [-0.2, 0) is 4.79 Å². The van der Waals surface area contributed by atoms with E-state index in [-0.39, 0.29) is 22.4 Å². The van der Waals surface area contributed by atoms with E-state index in [1.54, 1.807) is 57.2 Å². The van der Waals surface area contributed by atoms with E-state index in [0.29, 0.717) is 21.8 Å². The standard InChI is InChI=1S/C21H19NO5/c1-21(2,3)20(27)22-13-9-12-8-11-6-4-5-7-14(11)17(19(25)26)16(12)15(10-13)18(23)24/h4-10H,1-3H3,(H,22,27)(H,23,24)(H,25,26). The molecule has 0 radical (unpaired) electrons. The van der Waals surface area contributed by atoms with Crippen molar-refractivity contribution in [3.8, 4) is 0 Å². The Hall–Kier alpha value is -3.41. The van der Waals surface area contributed by atoms with E-state index in [9.17, 15) is 24.6 Å². The molecule has 3 rings (SSSR count). The molecule has 3 aromatic rings. The quantitative estimate of drug-likeness (QED) is 0.598. The Bertz CT molecular complexity index is 1110. The SMILES string of the molecule is CC(C)(C)C(=O)Nc1cc(C(=O)O)c2c(C(=O)O)c3ccccc3cc2c1. The number of hydrogen-bond donors (Lipinski definition) is 3. The van der Waals surface area contributed by atoms with Crippen molar-refractivity contribution in [2.75, 3.05) is 5.32 Å². The monoisotopic (exact) mass is 365 g/mol. The Kier molecular flexibility index (Phi) is 4.35. The molecule has 0 spiro atoms. The molecule has 0 aromatic heterocycles. The summed E-state index contributed by atoms with van der Waals surface area (Å²) in [7, 11) is 0. The normalized spacial score (nSPS) is 11.5. The molecule has 3 N–H and O–H groups in total. The van der Waals surface area contributed by atoms with Crippen LogP contribution in [0.5, 0.6) is 0 Å². The lowest BCUT2D eigenvalue weighted by Crippen LogP contribution is -2.27. The average Bonchev–Trinajstić information content (AvgIpc) is 2.57. The van der Waals surface area contributed by atoms with Crippen LogP contribution < -0.4 is 5.32 Å². The lowest BCUT2D eigenvalue weighted by Gasteiger charge is -2.19. The van der Waals surface area contributed by atoms with Gasteiger partial charge in [-0.3, -0.25) is 4.79 Å². The Morgan fingerprint density at radius 1 is 0.889 bits per heavy atom. The van der Waals surface area contributed by atoms with Crippen LogP contribution in [0.2, 0.25) is 0 Å². The fourth-order valence-corrected chi connectivity index (χ4v) is 2.99. The second-order valence-corrected chi connectivity index (χ2v) is 7.41. The number of fused-ring (bicyclic) bond motifs is 2. The van der Waals surface area contributed by atoms with Crippen LogP contribution in [0.4, 0.5) is 5.69 Å². The predicted octanol–water partition coefficient (Wildman–Crippen LogP) is 4.37. The summed E-state index contributed by atoms with van der Waals surface area (Å²) in [5.74, 6) is -2.73. The van der Waals surface area contributed by atoms with Crippen LogP contribution in [0.25, 0.3) is 21.5 Å². The summed E-state index contributed by atoms with van der Waals surface area (Å²) in [6, 6.07) is 11.5. The number of benzene rings is 3. The molecular weight excluding hydrogens is 346 g/mol. The third-order valence-electron chi connectivity index (χ3n) is 4.34. The number of carboxylic acid groups (broad SMARTS) is 2. The zero-order valence-corrected chi connectivity index (χ0v) is 15.2. The van der Waals surface area contributed by atoms with Crippen molar-refractivity contribution in [3.63, 3.8) is 0 Å². The van der Waals surface area contributed by atoms with Gasteiger partial charge >= 0.3 is 11.9 Å². The van der Waals surface area contributed by atoms with E-state index < -0.39 is 17.4 Å². The van der Waals surface area contributed by atoms with E-state index >= 15 is 0 Å². The van der Waals surface area contributed by atoms with Gasteiger partial charge in [0.2, 0.25) is 5.91 Å². The third kappa shape index (κ3) is 3.33. The summed E-state index contributed by atoms with van der Waals surface area (Å²) in [6.07, 6.45) is 0. The number of nitrogens with one attached hydrogen (secondary N) is 1. The maximum absolute atomic E-state index is 12.3. The number of aromatic carboxylic acids is 2. The van der Waals surface area contributed by atoms with Gasteiger partial charge < -0.3 is 15.5 Å². The molecular formula is C21H19NO5. The van der Waals surface area contributed by atoms with Crippen LogP contribution in [0.1, 0.15) is 41.5 Å². The van der Waals surface area contributed by atoms with Crippen molar-refractivity contribution in [1.29, 1.82) is 0 Å². The van der Waals surface area contributed by atoms with E-state index in [0.717, 1.165) is 0 Å². The molecule has 3 aromatic carbocycles. The molecule has 0 aliphatic rings. The maximum Gasteiger partial charge on any atom is 0.336 e. The summed E-state index contributed by atoms with van der Waals surface area (Å²) >= 11 is 0. The van der Waals surface area contributed by atoms with Gasteiger partial charge in [0.15, 0.2) is 0 Å². The fourth-order valence-electron chi connectivity index (χ4n) is 2.99. The first-order valence-corrected chi connectivity index (χ1v) is 8.37. The van der Waals surface area contributed by atoms with E-state index in [1.165, 1.54) is 6.07 Å². The molecule has 0 saturated heterocycles. The first-order chi connectivity index (χ1) is 12.6. The highest BCUT2D eigenvalue weighted by molar-refractivity contribution is 6.21. The lowest BCUT2D eigenvalue weighted by atomic mass is 9.92. The van der Waals surface area contributed by atoms with Crippen LogP contribution in [0.3, 0.4) is 0 Å². The molecule has 0 aliphatic heterocycles. The Morgan fingerprint density at radius 3 is 2.15 bits per heavy atom. The molecule has 1 amide bonds. The molecule has 138 valence electrons. The maximum atomic E-state index is 12.3. The van der Waals surface area contributed by atoms with Crippen molar-refractivity contribution in [3.05, 3.63) is 53.6 Å². The number of amides is 1. The molecule has 0 saturated carbocycles. The summed E-state index contributed by atoms with van der Waals surface area (Å²) in [5, 5.41) is 23.9. The minimum absolute atomic E-state index is 0.0609. The van der Waals surface area contributed by atoms with Gasteiger partial charge in [0.25, 0.3) is 0 Å². The second kappa shape index (κ2) is 6.39. The van der Waals surface area contributed by atoms with E-state index in [2.05, 4.69) is 5.32 Å². The highest BCUT2D eigenvalue weighted by Gasteiger charge is 2.24. The van der Waals surface area contributed by atoms with Crippen LogP contribution in [0.15, 0.2) is 42.5 Å². The topological polar surface area (TPSA) is 104 Å². The van der Waals surface area contributed by atoms with Crippen molar-refractivity contribution >= 4 is 45.1 Å². The average molecular weight is 365 g/mol. The van der Waals surface area contributed by atoms with Gasteiger partial charge in [-0.2, -0.15) is 0 Å². The first-order valence-electron chi connectivity index (χ1n) is 8.37. The van der Waals surface area contributed by atoms with Crippen LogP contribution in [0, 0.1) is 5.41 Å². The van der Waals surface area contributed by atoms with Gasteiger partial charge in [-0.05, 0) is 34.4 Å². The Balaban J connectivity index is 2.37. The lowest BCUT2D eigenvalue weighted by molar-refractivity contribution is -0.123. The Labute approximate surface area is 155 Å².